The van der Waals surface area contributed by atoms with E-state index in [-0.39, 0.29) is 0 Å². The summed E-state index contributed by atoms with van der Waals surface area (Å²) >= 11 is 4.15. The Morgan fingerprint density at radius 3 is 2.77 bits per heavy atom. The Kier molecular flexibility index (Phi) is 3.87. The van der Waals surface area contributed by atoms with Gasteiger partial charge in [0.05, 0.1) is 0 Å². The fourth-order valence-corrected chi connectivity index (χ4v) is 4.27. The fourth-order valence-electron chi connectivity index (χ4n) is 2.30. The van der Waals surface area contributed by atoms with Crippen LogP contribution >= 0.6 is 23.5 Å². The zero-order valence-electron chi connectivity index (χ0n) is 8.29. The summed E-state index contributed by atoms with van der Waals surface area (Å²) in [6.45, 7) is 0. The minimum atomic E-state index is 0.829. The monoisotopic (exact) mass is 217 g/mol. The Morgan fingerprint density at radius 1 is 1.23 bits per heavy atom. The maximum absolute atomic E-state index is 3.81. The molecule has 2 fully saturated rings. The Labute approximate surface area is 89.8 Å². The lowest BCUT2D eigenvalue weighted by Gasteiger charge is -2.17. The van der Waals surface area contributed by atoms with E-state index >= 15 is 0 Å². The summed E-state index contributed by atoms with van der Waals surface area (Å²) in [7, 11) is 0. The van der Waals surface area contributed by atoms with Crippen molar-refractivity contribution in [1.82, 2.24) is 5.32 Å². The summed E-state index contributed by atoms with van der Waals surface area (Å²) in [5.41, 5.74) is 0. The third-order valence-electron chi connectivity index (χ3n) is 3.12. The third kappa shape index (κ3) is 2.80. The third-order valence-corrected chi connectivity index (χ3v) is 5.38. The van der Waals surface area contributed by atoms with Gasteiger partial charge in [-0.1, -0.05) is 0 Å². The molecule has 2 aliphatic rings. The van der Waals surface area contributed by atoms with Crippen LogP contribution in [0.5, 0.6) is 0 Å². The summed E-state index contributed by atoms with van der Waals surface area (Å²) in [6, 6.07) is 1.66. The van der Waals surface area contributed by atoms with Crippen LogP contribution in [0, 0.1) is 0 Å². The molecule has 1 N–H and O–H groups in total. The largest absolute Gasteiger partial charge is 0.310 e. The van der Waals surface area contributed by atoms with Crippen LogP contribution in [0.25, 0.3) is 0 Å². The van der Waals surface area contributed by atoms with E-state index in [1.165, 1.54) is 37.2 Å². The van der Waals surface area contributed by atoms with Crippen molar-refractivity contribution in [1.29, 1.82) is 0 Å². The molecule has 76 valence electrons. The zero-order valence-corrected chi connectivity index (χ0v) is 9.92. The van der Waals surface area contributed by atoms with Gasteiger partial charge < -0.3 is 5.32 Å². The Hall–Kier alpha value is 0.660. The lowest BCUT2D eigenvalue weighted by molar-refractivity contribution is 0.456. The summed E-state index contributed by atoms with van der Waals surface area (Å²) in [5.74, 6) is 2.72. The van der Waals surface area contributed by atoms with Crippen molar-refractivity contribution in [3.63, 3.8) is 0 Å². The first kappa shape index (κ1) is 10.2. The molecule has 0 aromatic carbocycles. The molecule has 1 aliphatic heterocycles. The molecule has 1 saturated carbocycles. The molecule has 0 bridgehead atoms. The number of hydrogen-bond donors (Lipinski definition) is 1. The van der Waals surface area contributed by atoms with Gasteiger partial charge >= 0.3 is 0 Å². The molecular weight excluding hydrogens is 198 g/mol. The summed E-state index contributed by atoms with van der Waals surface area (Å²) < 4.78 is 0. The molecule has 3 atom stereocenters. The Bertz CT molecular complexity index is 157. The molecule has 0 aromatic rings. The van der Waals surface area contributed by atoms with E-state index in [1.807, 2.05) is 11.8 Å². The van der Waals surface area contributed by atoms with Crippen molar-refractivity contribution >= 4 is 23.5 Å². The van der Waals surface area contributed by atoms with E-state index < -0.39 is 0 Å². The van der Waals surface area contributed by atoms with Crippen molar-refractivity contribution in [2.24, 2.45) is 0 Å². The molecule has 3 heteroatoms. The van der Waals surface area contributed by atoms with Crippen molar-refractivity contribution in [2.45, 2.75) is 43.0 Å². The van der Waals surface area contributed by atoms with Gasteiger partial charge in [0.1, 0.15) is 0 Å². The van der Waals surface area contributed by atoms with Gasteiger partial charge in [-0.2, -0.15) is 23.5 Å². The van der Waals surface area contributed by atoms with Crippen LogP contribution in [0.15, 0.2) is 0 Å². The second kappa shape index (κ2) is 4.94. The second-order valence-electron chi connectivity index (χ2n) is 4.09. The molecule has 3 unspecified atom stereocenters. The van der Waals surface area contributed by atoms with Crippen LogP contribution in [0.4, 0.5) is 0 Å². The molecule has 1 aliphatic carbocycles. The summed E-state index contributed by atoms with van der Waals surface area (Å²) in [4.78, 5) is 0. The van der Waals surface area contributed by atoms with Crippen LogP contribution in [-0.4, -0.2) is 35.1 Å². The highest BCUT2D eigenvalue weighted by Crippen LogP contribution is 2.29. The predicted molar refractivity (Wildman–Crippen MR) is 63.8 cm³/mol. The maximum atomic E-state index is 3.81. The van der Waals surface area contributed by atoms with Crippen molar-refractivity contribution in [3.8, 4) is 0 Å². The van der Waals surface area contributed by atoms with E-state index in [1.54, 1.807) is 0 Å². The van der Waals surface area contributed by atoms with E-state index in [9.17, 15) is 0 Å². The van der Waals surface area contributed by atoms with Crippen molar-refractivity contribution < 1.29 is 0 Å². The van der Waals surface area contributed by atoms with Gasteiger partial charge in [-0.15, -0.1) is 0 Å². The molecule has 1 heterocycles. The number of nitrogens with one attached hydrogen (secondary N) is 1. The predicted octanol–water partition coefficient (Wildman–Crippen LogP) is 2.37. The topological polar surface area (TPSA) is 12.0 Å². The fraction of sp³-hybridized carbons (Fsp3) is 1.00. The minimum absolute atomic E-state index is 0.829. The first-order chi connectivity index (χ1) is 6.38. The van der Waals surface area contributed by atoms with Gasteiger partial charge in [0.15, 0.2) is 0 Å². The smallest absolute Gasteiger partial charge is 0.0168 e. The molecule has 0 spiro atoms. The molecule has 0 aromatic heterocycles. The average Bonchev–Trinajstić information content (AvgIpc) is 2.76. The Morgan fingerprint density at radius 2 is 2.15 bits per heavy atom. The van der Waals surface area contributed by atoms with E-state index in [0.29, 0.717) is 0 Å². The average molecular weight is 217 g/mol. The second-order valence-corrected chi connectivity index (χ2v) is 6.38. The number of rotatable bonds is 3. The van der Waals surface area contributed by atoms with Crippen LogP contribution in [0.2, 0.25) is 0 Å². The van der Waals surface area contributed by atoms with Gasteiger partial charge in [0, 0.05) is 23.1 Å². The molecule has 2 rings (SSSR count). The minimum Gasteiger partial charge on any atom is -0.310 e. The van der Waals surface area contributed by atoms with E-state index in [4.69, 9.17) is 0 Å². The summed E-state index contributed by atoms with van der Waals surface area (Å²) in [5, 5.41) is 4.74. The highest BCUT2D eigenvalue weighted by atomic mass is 32.2. The lowest BCUT2D eigenvalue weighted by atomic mass is 10.2. The van der Waals surface area contributed by atoms with Gasteiger partial charge in [-0.05, 0) is 37.7 Å². The van der Waals surface area contributed by atoms with Crippen molar-refractivity contribution in [2.75, 3.05) is 17.8 Å². The normalized spacial score (nSPS) is 39.9. The van der Waals surface area contributed by atoms with Crippen LogP contribution in [0.1, 0.15) is 25.7 Å². The van der Waals surface area contributed by atoms with Gasteiger partial charge in [0.2, 0.25) is 0 Å². The van der Waals surface area contributed by atoms with E-state index in [0.717, 1.165) is 17.3 Å². The first-order valence-corrected chi connectivity index (χ1v) is 7.69. The molecule has 1 saturated heterocycles. The van der Waals surface area contributed by atoms with Crippen LogP contribution in [0.3, 0.4) is 0 Å². The zero-order chi connectivity index (χ0) is 9.10. The van der Waals surface area contributed by atoms with Crippen LogP contribution < -0.4 is 5.32 Å². The summed E-state index contributed by atoms with van der Waals surface area (Å²) in [6.07, 6.45) is 7.89. The maximum Gasteiger partial charge on any atom is 0.0168 e. The van der Waals surface area contributed by atoms with Gasteiger partial charge in [-0.3, -0.25) is 0 Å². The van der Waals surface area contributed by atoms with Crippen molar-refractivity contribution in [3.05, 3.63) is 0 Å². The number of hydrogen-bond acceptors (Lipinski definition) is 3. The molecule has 0 amide bonds. The van der Waals surface area contributed by atoms with Crippen LogP contribution in [-0.2, 0) is 0 Å². The SMILES string of the molecule is CSC1CCC(NC2CCSC2)C1. The molecule has 0 radical (unpaired) electrons. The lowest BCUT2D eigenvalue weighted by Crippen LogP contribution is -2.36. The van der Waals surface area contributed by atoms with E-state index in [2.05, 4.69) is 23.3 Å². The number of thioether (sulfide) groups is 2. The molecule has 1 nitrogen and oxygen atoms in total. The Balaban J connectivity index is 1.70. The van der Waals surface area contributed by atoms with Gasteiger partial charge in [-0.25, -0.2) is 0 Å². The molecule has 13 heavy (non-hydrogen) atoms. The van der Waals surface area contributed by atoms with Gasteiger partial charge in [0.25, 0.3) is 0 Å². The standard InChI is InChI=1S/C10H19NS2/c1-12-10-3-2-8(6-10)11-9-4-5-13-7-9/h8-11H,2-7H2,1H3. The highest BCUT2D eigenvalue weighted by Gasteiger charge is 2.26. The molecular formula is C10H19NS2. The first-order valence-electron chi connectivity index (χ1n) is 5.25. The highest BCUT2D eigenvalue weighted by molar-refractivity contribution is 7.99. The quantitative estimate of drug-likeness (QED) is 0.779.